The number of carbonyl (C=O) groups is 2. The van der Waals surface area contributed by atoms with E-state index in [1.54, 1.807) is 27.7 Å². The predicted molar refractivity (Wildman–Crippen MR) is 83.3 cm³/mol. The van der Waals surface area contributed by atoms with E-state index in [1.807, 2.05) is 25.1 Å². The van der Waals surface area contributed by atoms with Crippen LogP contribution in [0.1, 0.15) is 45.2 Å². The Balaban J connectivity index is 2.63. The monoisotopic (exact) mass is 291 g/mol. The molecule has 0 saturated heterocycles. The minimum Gasteiger partial charge on any atom is -0.444 e. The standard InChI is InChI=1S/C17H25NO3/c1-13-7-6-8-14(11-13)9-10-17(5,12-19)18-15(20)21-16(2,3)4/h6-8,11-12H,9-10H2,1-5H3,(H,18,20). The van der Waals surface area contributed by atoms with Gasteiger partial charge in [0.15, 0.2) is 0 Å². The van der Waals surface area contributed by atoms with Crippen LogP contribution in [-0.4, -0.2) is 23.5 Å². The SMILES string of the molecule is Cc1cccc(CCC(C)(C=O)NC(=O)OC(C)(C)C)c1. The fourth-order valence-corrected chi connectivity index (χ4v) is 1.96. The zero-order valence-electron chi connectivity index (χ0n) is 13.5. The number of hydrogen-bond acceptors (Lipinski definition) is 3. The van der Waals surface area contributed by atoms with Crippen molar-refractivity contribution in [1.82, 2.24) is 5.32 Å². The van der Waals surface area contributed by atoms with Crippen molar-refractivity contribution in [1.29, 1.82) is 0 Å². The topological polar surface area (TPSA) is 55.4 Å². The maximum atomic E-state index is 11.8. The van der Waals surface area contributed by atoms with Crippen LogP contribution >= 0.6 is 0 Å². The number of ether oxygens (including phenoxy) is 1. The first-order valence-electron chi connectivity index (χ1n) is 7.17. The van der Waals surface area contributed by atoms with Crippen LogP contribution in [0.3, 0.4) is 0 Å². The second-order valence-corrected chi connectivity index (χ2v) is 6.65. The van der Waals surface area contributed by atoms with Gasteiger partial charge in [-0.3, -0.25) is 0 Å². The van der Waals surface area contributed by atoms with Crippen molar-refractivity contribution in [3.63, 3.8) is 0 Å². The molecule has 0 bridgehead atoms. The number of nitrogens with one attached hydrogen (secondary N) is 1. The Morgan fingerprint density at radius 2 is 1.95 bits per heavy atom. The first-order valence-corrected chi connectivity index (χ1v) is 7.17. The molecule has 1 amide bonds. The highest BCUT2D eigenvalue weighted by atomic mass is 16.6. The maximum absolute atomic E-state index is 11.8. The molecule has 0 radical (unpaired) electrons. The maximum Gasteiger partial charge on any atom is 0.408 e. The van der Waals surface area contributed by atoms with Crippen LogP contribution < -0.4 is 5.32 Å². The van der Waals surface area contributed by atoms with Gasteiger partial charge in [0.05, 0.1) is 5.54 Å². The van der Waals surface area contributed by atoms with E-state index >= 15 is 0 Å². The van der Waals surface area contributed by atoms with Crippen LogP contribution in [-0.2, 0) is 16.0 Å². The van der Waals surface area contributed by atoms with Gasteiger partial charge in [0, 0.05) is 0 Å². The summed E-state index contributed by atoms with van der Waals surface area (Å²) in [6.45, 7) is 9.10. The molecule has 0 spiro atoms. The van der Waals surface area contributed by atoms with Crippen LogP contribution in [0.25, 0.3) is 0 Å². The van der Waals surface area contributed by atoms with E-state index in [-0.39, 0.29) is 0 Å². The van der Waals surface area contributed by atoms with E-state index in [1.165, 1.54) is 5.56 Å². The molecule has 1 atom stereocenters. The molecule has 0 aliphatic heterocycles. The lowest BCUT2D eigenvalue weighted by molar-refractivity contribution is -0.113. The lowest BCUT2D eigenvalue weighted by Crippen LogP contribution is -2.49. The Bertz CT molecular complexity index is 505. The van der Waals surface area contributed by atoms with E-state index in [9.17, 15) is 9.59 Å². The van der Waals surface area contributed by atoms with Crippen molar-refractivity contribution in [3.05, 3.63) is 35.4 Å². The molecule has 4 heteroatoms. The number of aryl methyl sites for hydroxylation is 2. The molecule has 21 heavy (non-hydrogen) atoms. The predicted octanol–water partition coefficient (Wildman–Crippen LogP) is 3.41. The molecule has 1 N–H and O–H groups in total. The summed E-state index contributed by atoms with van der Waals surface area (Å²) in [5.74, 6) is 0. The van der Waals surface area contributed by atoms with Gasteiger partial charge in [-0.2, -0.15) is 0 Å². The number of alkyl carbamates (subject to hydrolysis) is 1. The van der Waals surface area contributed by atoms with Crippen molar-refractivity contribution in [2.75, 3.05) is 0 Å². The van der Waals surface area contributed by atoms with Gasteiger partial charge in [-0.05, 0) is 53.0 Å². The third-order valence-electron chi connectivity index (χ3n) is 3.06. The second-order valence-electron chi connectivity index (χ2n) is 6.65. The molecule has 0 heterocycles. The summed E-state index contributed by atoms with van der Waals surface area (Å²) in [4.78, 5) is 23.2. The van der Waals surface area contributed by atoms with Crippen molar-refractivity contribution < 1.29 is 14.3 Å². The Morgan fingerprint density at radius 3 is 2.48 bits per heavy atom. The van der Waals surface area contributed by atoms with E-state index in [4.69, 9.17) is 4.74 Å². The number of rotatable bonds is 5. The summed E-state index contributed by atoms with van der Waals surface area (Å²) in [6.07, 6.45) is 1.44. The van der Waals surface area contributed by atoms with Crippen LogP contribution in [0.2, 0.25) is 0 Å². The van der Waals surface area contributed by atoms with E-state index in [2.05, 4.69) is 11.4 Å². The summed E-state index contributed by atoms with van der Waals surface area (Å²) in [5.41, 5.74) is 0.825. The average molecular weight is 291 g/mol. The number of benzene rings is 1. The number of amides is 1. The summed E-state index contributed by atoms with van der Waals surface area (Å²) in [7, 11) is 0. The van der Waals surface area contributed by atoms with Gasteiger partial charge >= 0.3 is 6.09 Å². The smallest absolute Gasteiger partial charge is 0.408 e. The molecule has 0 aliphatic carbocycles. The lowest BCUT2D eigenvalue weighted by Gasteiger charge is -2.27. The van der Waals surface area contributed by atoms with Crippen molar-refractivity contribution in [2.24, 2.45) is 0 Å². The molecule has 1 unspecified atom stereocenters. The van der Waals surface area contributed by atoms with Crippen LogP contribution in [0.5, 0.6) is 0 Å². The normalized spacial score (nSPS) is 14.1. The molecular formula is C17H25NO3. The van der Waals surface area contributed by atoms with Gasteiger partial charge < -0.3 is 14.8 Å². The highest BCUT2D eigenvalue weighted by Crippen LogP contribution is 2.15. The second kappa shape index (κ2) is 6.74. The average Bonchev–Trinajstić information content (AvgIpc) is 2.34. The third kappa shape index (κ3) is 6.43. The number of carbonyl (C=O) groups excluding carboxylic acids is 2. The molecule has 4 nitrogen and oxygen atoms in total. The van der Waals surface area contributed by atoms with Crippen LogP contribution in [0.4, 0.5) is 4.79 Å². The molecule has 1 aromatic carbocycles. The first kappa shape index (κ1) is 17.2. The van der Waals surface area contributed by atoms with Gasteiger partial charge in [-0.1, -0.05) is 29.8 Å². The molecular weight excluding hydrogens is 266 g/mol. The molecule has 0 aromatic heterocycles. The Labute approximate surface area is 126 Å². The molecule has 0 aliphatic rings. The number of aldehydes is 1. The summed E-state index contributed by atoms with van der Waals surface area (Å²) >= 11 is 0. The largest absolute Gasteiger partial charge is 0.444 e. The van der Waals surface area contributed by atoms with E-state index in [0.29, 0.717) is 12.8 Å². The highest BCUT2D eigenvalue weighted by Gasteiger charge is 2.28. The van der Waals surface area contributed by atoms with Crippen LogP contribution in [0.15, 0.2) is 24.3 Å². The zero-order chi connectivity index (χ0) is 16.1. The summed E-state index contributed by atoms with van der Waals surface area (Å²) < 4.78 is 5.20. The zero-order valence-corrected chi connectivity index (χ0v) is 13.5. The minimum absolute atomic E-state index is 0.527. The van der Waals surface area contributed by atoms with Crippen molar-refractivity contribution in [2.45, 2.75) is 58.6 Å². The quantitative estimate of drug-likeness (QED) is 0.846. The molecule has 1 aromatic rings. The van der Waals surface area contributed by atoms with Gasteiger partial charge in [0.25, 0.3) is 0 Å². The highest BCUT2D eigenvalue weighted by molar-refractivity contribution is 5.76. The fraction of sp³-hybridized carbons (Fsp3) is 0.529. The Morgan fingerprint density at radius 1 is 1.29 bits per heavy atom. The van der Waals surface area contributed by atoms with Gasteiger partial charge in [-0.25, -0.2) is 4.79 Å². The Kier molecular flexibility index (Phi) is 5.53. The van der Waals surface area contributed by atoms with Gasteiger partial charge in [-0.15, -0.1) is 0 Å². The fourth-order valence-electron chi connectivity index (χ4n) is 1.96. The van der Waals surface area contributed by atoms with Crippen molar-refractivity contribution in [3.8, 4) is 0 Å². The molecule has 0 saturated carbocycles. The number of hydrogen-bond donors (Lipinski definition) is 1. The van der Waals surface area contributed by atoms with Gasteiger partial charge in [0.2, 0.25) is 0 Å². The first-order chi connectivity index (χ1) is 9.63. The van der Waals surface area contributed by atoms with E-state index < -0.39 is 17.2 Å². The van der Waals surface area contributed by atoms with Crippen LogP contribution in [0, 0.1) is 6.92 Å². The van der Waals surface area contributed by atoms with Gasteiger partial charge in [0.1, 0.15) is 11.9 Å². The lowest BCUT2D eigenvalue weighted by atomic mass is 9.94. The minimum atomic E-state index is -0.925. The molecule has 0 fully saturated rings. The van der Waals surface area contributed by atoms with Crippen molar-refractivity contribution >= 4 is 12.4 Å². The summed E-state index contributed by atoms with van der Waals surface area (Å²) in [6, 6.07) is 8.12. The molecule has 1 rings (SSSR count). The third-order valence-corrected chi connectivity index (χ3v) is 3.06. The Hall–Kier alpha value is -1.84. The van der Waals surface area contributed by atoms with E-state index in [0.717, 1.165) is 11.8 Å². The summed E-state index contributed by atoms with van der Waals surface area (Å²) in [5, 5.41) is 2.66. The molecule has 116 valence electrons.